The Morgan fingerprint density at radius 2 is 1.84 bits per heavy atom. The van der Waals surface area contributed by atoms with Crippen molar-refractivity contribution in [3.63, 3.8) is 0 Å². The molecule has 124 valence electrons. The maximum absolute atomic E-state index is 12.1. The third-order valence-corrected chi connectivity index (χ3v) is 4.46. The van der Waals surface area contributed by atoms with Crippen molar-refractivity contribution in [3.8, 4) is 11.1 Å². The number of aryl methyl sites for hydroxylation is 1. The summed E-state index contributed by atoms with van der Waals surface area (Å²) >= 11 is 0. The van der Waals surface area contributed by atoms with Gasteiger partial charge in [0.05, 0.1) is 16.4 Å². The molecule has 4 N–H and O–H groups in total. The molecule has 6 heteroatoms. The van der Waals surface area contributed by atoms with Gasteiger partial charge < -0.3 is 16.0 Å². The molecular weight excluding hydrogens is 314 g/mol. The second-order valence-electron chi connectivity index (χ2n) is 6.08. The fourth-order valence-corrected chi connectivity index (χ4v) is 3.40. The number of fused-ring (bicyclic) bond motifs is 3. The zero-order valence-electron chi connectivity index (χ0n) is 13.9. The zero-order valence-corrected chi connectivity index (χ0v) is 13.9. The lowest BCUT2D eigenvalue weighted by atomic mass is 9.94. The van der Waals surface area contributed by atoms with Gasteiger partial charge in [-0.1, -0.05) is 24.3 Å². The lowest BCUT2D eigenvalue weighted by Crippen LogP contribution is -2.02. The number of carbonyl (C=O) groups is 1. The lowest BCUT2D eigenvalue weighted by Gasteiger charge is -2.13. The maximum atomic E-state index is 12.1. The molecule has 4 aromatic rings. The fraction of sp³-hybridized carbons (Fsp3) is 0.105. The van der Waals surface area contributed by atoms with Crippen molar-refractivity contribution < 1.29 is 4.79 Å². The second kappa shape index (κ2) is 5.31. The Morgan fingerprint density at radius 3 is 2.60 bits per heavy atom. The Hall–Kier alpha value is -3.41. The van der Waals surface area contributed by atoms with E-state index in [2.05, 4.69) is 9.97 Å². The number of nitrogens with zero attached hydrogens (tertiary/aromatic N) is 3. The summed E-state index contributed by atoms with van der Waals surface area (Å²) in [5.41, 5.74) is 16.0. The van der Waals surface area contributed by atoms with Crippen LogP contribution in [0.25, 0.3) is 32.9 Å². The van der Waals surface area contributed by atoms with Crippen molar-refractivity contribution in [2.24, 2.45) is 7.05 Å². The molecule has 0 bridgehead atoms. The van der Waals surface area contributed by atoms with Crippen LogP contribution in [0.15, 0.2) is 42.6 Å². The first kappa shape index (κ1) is 15.1. The molecule has 0 aliphatic rings. The predicted molar refractivity (Wildman–Crippen MR) is 100 cm³/mol. The molecular formula is C19H17N5O. The van der Waals surface area contributed by atoms with E-state index in [1.165, 1.54) is 0 Å². The molecule has 0 fully saturated rings. The lowest BCUT2D eigenvalue weighted by molar-refractivity contribution is 0.101. The minimum absolute atomic E-state index is 0.0137. The number of anilines is 2. The molecule has 0 saturated carbocycles. The van der Waals surface area contributed by atoms with Crippen LogP contribution in [0.1, 0.15) is 17.3 Å². The van der Waals surface area contributed by atoms with Gasteiger partial charge in [-0.2, -0.15) is 4.98 Å². The van der Waals surface area contributed by atoms with Crippen LogP contribution >= 0.6 is 0 Å². The summed E-state index contributed by atoms with van der Waals surface area (Å²) in [5.74, 6) is 0.496. The molecule has 4 rings (SSSR count). The monoisotopic (exact) mass is 331 g/mol. The highest BCUT2D eigenvalue weighted by Crippen LogP contribution is 2.38. The minimum Gasteiger partial charge on any atom is -0.383 e. The number of carbonyl (C=O) groups excluding carboxylic acids is 1. The smallest absolute Gasteiger partial charge is 0.222 e. The number of nitrogens with two attached hydrogens (primary N) is 2. The van der Waals surface area contributed by atoms with Gasteiger partial charge in [0.2, 0.25) is 5.95 Å². The van der Waals surface area contributed by atoms with E-state index in [1.807, 2.05) is 54.2 Å². The van der Waals surface area contributed by atoms with Gasteiger partial charge in [-0.15, -0.1) is 0 Å². The van der Waals surface area contributed by atoms with E-state index in [1.54, 1.807) is 6.92 Å². The van der Waals surface area contributed by atoms with Crippen LogP contribution in [0.4, 0.5) is 11.8 Å². The number of hydrogen-bond donors (Lipinski definition) is 2. The molecule has 0 atom stereocenters. The first-order valence-electron chi connectivity index (χ1n) is 7.88. The molecule has 0 spiro atoms. The van der Waals surface area contributed by atoms with Gasteiger partial charge in [0, 0.05) is 29.8 Å². The van der Waals surface area contributed by atoms with Crippen molar-refractivity contribution >= 4 is 39.4 Å². The molecule has 2 aromatic heterocycles. The summed E-state index contributed by atoms with van der Waals surface area (Å²) in [6, 6.07) is 11.5. The zero-order chi connectivity index (χ0) is 17.7. The van der Waals surface area contributed by atoms with Crippen LogP contribution in [0, 0.1) is 0 Å². The molecule has 0 saturated heterocycles. The number of hydrogen-bond acceptors (Lipinski definition) is 5. The fourth-order valence-electron chi connectivity index (χ4n) is 3.40. The predicted octanol–water partition coefficient (Wildman–Crippen LogP) is 3.16. The van der Waals surface area contributed by atoms with Crippen molar-refractivity contribution in [3.05, 3.63) is 48.2 Å². The van der Waals surface area contributed by atoms with Gasteiger partial charge in [0.15, 0.2) is 5.78 Å². The average Bonchev–Trinajstić information content (AvgIpc) is 2.95. The summed E-state index contributed by atoms with van der Waals surface area (Å²) in [7, 11) is 1.96. The van der Waals surface area contributed by atoms with Gasteiger partial charge in [-0.25, -0.2) is 4.98 Å². The van der Waals surface area contributed by atoms with E-state index in [9.17, 15) is 4.79 Å². The van der Waals surface area contributed by atoms with Crippen LogP contribution in [-0.2, 0) is 7.05 Å². The molecule has 6 nitrogen and oxygen atoms in total. The molecule has 0 radical (unpaired) electrons. The summed E-state index contributed by atoms with van der Waals surface area (Å²) in [4.78, 5) is 20.5. The number of aromatic nitrogens is 3. The molecule has 25 heavy (non-hydrogen) atoms. The molecule has 2 aromatic carbocycles. The first-order valence-corrected chi connectivity index (χ1v) is 7.88. The Kier molecular flexibility index (Phi) is 3.21. The van der Waals surface area contributed by atoms with E-state index in [0.29, 0.717) is 16.9 Å². The van der Waals surface area contributed by atoms with Crippen molar-refractivity contribution in [1.29, 1.82) is 0 Å². The van der Waals surface area contributed by atoms with Gasteiger partial charge >= 0.3 is 0 Å². The normalized spacial score (nSPS) is 11.3. The number of nitrogen functional groups attached to an aromatic ring is 2. The Labute approximate surface area is 144 Å². The quantitative estimate of drug-likeness (QED) is 0.550. The van der Waals surface area contributed by atoms with E-state index in [-0.39, 0.29) is 11.7 Å². The number of rotatable bonds is 2. The van der Waals surface area contributed by atoms with Gasteiger partial charge in [-0.3, -0.25) is 4.79 Å². The van der Waals surface area contributed by atoms with Crippen LogP contribution < -0.4 is 11.5 Å². The summed E-state index contributed by atoms with van der Waals surface area (Å²) in [5, 5.41) is 1.71. The Bertz CT molecular complexity index is 1160. The number of Topliss-reactive ketones (excluding diaryl/α,β-unsaturated/α-hetero) is 1. The molecule has 2 heterocycles. The second-order valence-corrected chi connectivity index (χ2v) is 6.08. The van der Waals surface area contributed by atoms with Crippen LogP contribution in [0.2, 0.25) is 0 Å². The van der Waals surface area contributed by atoms with Crippen molar-refractivity contribution in [2.45, 2.75) is 6.92 Å². The van der Waals surface area contributed by atoms with E-state index in [4.69, 9.17) is 11.5 Å². The Balaban J connectivity index is 2.21. The SMILES string of the molecule is CC(=O)c1ccccc1-c1cc2nc(N)nc(N)c2c2ccn(C)c12. The van der Waals surface area contributed by atoms with E-state index >= 15 is 0 Å². The molecule has 0 aliphatic heterocycles. The minimum atomic E-state index is 0.0137. The van der Waals surface area contributed by atoms with Gasteiger partial charge in [-0.05, 0) is 24.6 Å². The highest BCUT2D eigenvalue weighted by atomic mass is 16.1. The maximum Gasteiger partial charge on any atom is 0.222 e. The summed E-state index contributed by atoms with van der Waals surface area (Å²) in [6.07, 6.45) is 1.96. The first-order chi connectivity index (χ1) is 12.0. The summed E-state index contributed by atoms with van der Waals surface area (Å²) < 4.78 is 2.01. The number of ketones is 1. The van der Waals surface area contributed by atoms with Crippen LogP contribution in [0.3, 0.4) is 0 Å². The topological polar surface area (TPSA) is 99.8 Å². The molecule has 0 amide bonds. The van der Waals surface area contributed by atoms with Crippen LogP contribution in [0.5, 0.6) is 0 Å². The standard InChI is InChI=1S/C19H17N5O/c1-10(25)11-5-3-4-6-12(11)14-9-15-16(18(20)23-19(21)22-15)13-7-8-24(2)17(13)14/h3-9H,1-2H3,(H4,20,21,22,23). The Morgan fingerprint density at radius 1 is 1.08 bits per heavy atom. The molecule has 0 unspecified atom stereocenters. The van der Waals surface area contributed by atoms with E-state index in [0.717, 1.165) is 27.4 Å². The van der Waals surface area contributed by atoms with Gasteiger partial charge in [0.25, 0.3) is 0 Å². The van der Waals surface area contributed by atoms with Crippen LogP contribution in [-0.4, -0.2) is 20.3 Å². The largest absolute Gasteiger partial charge is 0.383 e. The number of benzene rings is 2. The van der Waals surface area contributed by atoms with E-state index < -0.39 is 0 Å². The highest BCUT2D eigenvalue weighted by molar-refractivity contribution is 6.17. The third-order valence-electron chi connectivity index (χ3n) is 4.46. The van der Waals surface area contributed by atoms with Crippen molar-refractivity contribution in [2.75, 3.05) is 11.5 Å². The highest BCUT2D eigenvalue weighted by Gasteiger charge is 2.18. The third kappa shape index (κ3) is 2.22. The summed E-state index contributed by atoms with van der Waals surface area (Å²) in [6.45, 7) is 1.57. The average molecular weight is 331 g/mol. The van der Waals surface area contributed by atoms with Crippen molar-refractivity contribution in [1.82, 2.24) is 14.5 Å². The van der Waals surface area contributed by atoms with Gasteiger partial charge in [0.1, 0.15) is 5.82 Å². The molecule has 0 aliphatic carbocycles.